The highest BCUT2D eigenvalue weighted by Crippen LogP contribution is 2.08. The normalized spacial score (nSPS) is 19.1. The van der Waals surface area contributed by atoms with Crippen molar-refractivity contribution in [2.45, 2.75) is 32.8 Å². The average molecular weight is 251 g/mol. The highest BCUT2D eigenvalue weighted by Gasteiger charge is 2.15. The lowest BCUT2D eigenvalue weighted by atomic mass is 10.3. The SMILES string of the molecule is Cc1cnc(NCCCOC2CCOC2)nc1C. The molecule has 0 aromatic carbocycles. The van der Waals surface area contributed by atoms with Crippen molar-refractivity contribution in [1.29, 1.82) is 0 Å². The summed E-state index contributed by atoms with van der Waals surface area (Å²) in [7, 11) is 0. The number of aryl methyl sites for hydroxylation is 2. The van der Waals surface area contributed by atoms with Crippen molar-refractivity contribution in [2.75, 3.05) is 31.7 Å². The fourth-order valence-corrected chi connectivity index (χ4v) is 1.78. The molecule has 1 unspecified atom stereocenters. The molecule has 1 atom stereocenters. The van der Waals surface area contributed by atoms with Crippen LogP contribution in [0.1, 0.15) is 24.1 Å². The highest BCUT2D eigenvalue weighted by molar-refractivity contribution is 5.28. The van der Waals surface area contributed by atoms with Crippen LogP contribution in [0.25, 0.3) is 0 Å². The predicted molar refractivity (Wildman–Crippen MR) is 69.8 cm³/mol. The van der Waals surface area contributed by atoms with Gasteiger partial charge in [-0.3, -0.25) is 0 Å². The Kier molecular flexibility index (Phi) is 4.90. The summed E-state index contributed by atoms with van der Waals surface area (Å²) in [6, 6.07) is 0. The van der Waals surface area contributed by atoms with Crippen LogP contribution in [0.2, 0.25) is 0 Å². The molecule has 1 saturated heterocycles. The standard InChI is InChI=1S/C13H21N3O2/c1-10-8-15-13(16-11(10)2)14-5-3-6-18-12-4-7-17-9-12/h8,12H,3-7,9H2,1-2H3,(H,14,15,16). The zero-order chi connectivity index (χ0) is 12.8. The van der Waals surface area contributed by atoms with Crippen molar-refractivity contribution in [1.82, 2.24) is 9.97 Å². The van der Waals surface area contributed by atoms with Crippen LogP contribution in [0.15, 0.2) is 6.20 Å². The van der Waals surface area contributed by atoms with Gasteiger partial charge in [-0.2, -0.15) is 0 Å². The number of hydrogen-bond acceptors (Lipinski definition) is 5. The van der Waals surface area contributed by atoms with E-state index in [1.165, 1.54) is 0 Å². The lowest BCUT2D eigenvalue weighted by Gasteiger charge is -2.10. The van der Waals surface area contributed by atoms with E-state index in [1.54, 1.807) is 0 Å². The summed E-state index contributed by atoms with van der Waals surface area (Å²) in [6.07, 6.45) is 4.11. The molecule has 0 saturated carbocycles. The van der Waals surface area contributed by atoms with Gasteiger partial charge in [0.05, 0.1) is 12.7 Å². The van der Waals surface area contributed by atoms with Gasteiger partial charge in [-0.1, -0.05) is 0 Å². The van der Waals surface area contributed by atoms with E-state index in [1.807, 2.05) is 20.0 Å². The summed E-state index contributed by atoms with van der Waals surface area (Å²) < 4.78 is 10.9. The van der Waals surface area contributed by atoms with Crippen molar-refractivity contribution in [3.63, 3.8) is 0 Å². The van der Waals surface area contributed by atoms with Crippen LogP contribution in [-0.4, -0.2) is 42.4 Å². The average Bonchev–Trinajstić information content (AvgIpc) is 2.86. The summed E-state index contributed by atoms with van der Waals surface area (Å²) in [5.74, 6) is 0.697. The summed E-state index contributed by atoms with van der Waals surface area (Å²) >= 11 is 0. The van der Waals surface area contributed by atoms with E-state index in [0.29, 0.717) is 12.1 Å². The van der Waals surface area contributed by atoms with Crippen LogP contribution in [0.3, 0.4) is 0 Å². The minimum Gasteiger partial charge on any atom is -0.379 e. The van der Waals surface area contributed by atoms with Gasteiger partial charge in [0.2, 0.25) is 5.95 Å². The Labute approximate surface area is 108 Å². The van der Waals surface area contributed by atoms with Gasteiger partial charge in [-0.25, -0.2) is 9.97 Å². The number of ether oxygens (including phenoxy) is 2. The molecule has 2 rings (SSSR count). The van der Waals surface area contributed by atoms with E-state index >= 15 is 0 Å². The van der Waals surface area contributed by atoms with E-state index in [-0.39, 0.29) is 0 Å². The first-order valence-corrected chi connectivity index (χ1v) is 6.49. The highest BCUT2D eigenvalue weighted by atomic mass is 16.5. The summed E-state index contributed by atoms with van der Waals surface area (Å²) in [5.41, 5.74) is 2.14. The number of anilines is 1. The van der Waals surface area contributed by atoms with Crippen molar-refractivity contribution in [3.05, 3.63) is 17.5 Å². The maximum Gasteiger partial charge on any atom is 0.222 e. The molecule has 1 aliphatic heterocycles. The maximum atomic E-state index is 5.68. The number of aromatic nitrogens is 2. The Hall–Kier alpha value is -1.20. The first kappa shape index (κ1) is 13.2. The lowest BCUT2D eigenvalue weighted by Crippen LogP contribution is -2.15. The van der Waals surface area contributed by atoms with E-state index < -0.39 is 0 Å². The first-order chi connectivity index (χ1) is 8.75. The molecule has 5 nitrogen and oxygen atoms in total. The molecule has 0 bridgehead atoms. The van der Waals surface area contributed by atoms with Crippen LogP contribution in [0, 0.1) is 13.8 Å². The maximum absolute atomic E-state index is 5.68. The van der Waals surface area contributed by atoms with Crippen molar-refractivity contribution in [3.8, 4) is 0 Å². The fraction of sp³-hybridized carbons (Fsp3) is 0.692. The third-order valence-corrected chi connectivity index (χ3v) is 3.07. The molecule has 1 aromatic rings. The van der Waals surface area contributed by atoms with Gasteiger partial charge in [0.15, 0.2) is 0 Å². The Morgan fingerprint density at radius 2 is 2.39 bits per heavy atom. The van der Waals surface area contributed by atoms with Crippen LogP contribution < -0.4 is 5.32 Å². The molecule has 0 aliphatic carbocycles. The predicted octanol–water partition coefficient (Wildman–Crippen LogP) is 1.70. The molecule has 2 heterocycles. The lowest BCUT2D eigenvalue weighted by molar-refractivity contribution is 0.0427. The van der Waals surface area contributed by atoms with Gasteiger partial charge < -0.3 is 14.8 Å². The molecule has 100 valence electrons. The number of hydrogen-bond donors (Lipinski definition) is 1. The molecule has 1 aromatic heterocycles. The molecule has 18 heavy (non-hydrogen) atoms. The molecular formula is C13H21N3O2. The minimum absolute atomic E-state index is 0.294. The van der Waals surface area contributed by atoms with Crippen LogP contribution >= 0.6 is 0 Å². The smallest absolute Gasteiger partial charge is 0.222 e. The van der Waals surface area contributed by atoms with Gasteiger partial charge in [0.1, 0.15) is 0 Å². The van der Waals surface area contributed by atoms with E-state index in [4.69, 9.17) is 9.47 Å². The third kappa shape index (κ3) is 3.92. The number of rotatable bonds is 6. The second-order valence-corrected chi connectivity index (χ2v) is 4.60. The third-order valence-electron chi connectivity index (χ3n) is 3.07. The minimum atomic E-state index is 0.294. The molecule has 0 radical (unpaired) electrons. The largest absolute Gasteiger partial charge is 0.379 e. The molecule has 1 N–H and O–H groups in total. The molecule has 5 heteroatoms. The van der Waals surface area contributed by atoms with Gasteiger partial charge in [-0.05, 0) is 32.3 Å². The Morgan fingerprint density at radius 1 is 1.50 bits per heavy atom. The number of nitrogens with one attached hydrogen (secondary N) is 1. The molecule has 0 spiro atoms. The van der Waals surface area contributed by atoms with Crippen LogP contribution in [-0.2, 0) is 9.47 Å². The van der Waals surface area contributed by atoms with Gasteiger partial charge in [0, 0.05) is 31.6 Å². The van der Waals surface area contributed by atoms with Crippen molar-refractivity contribution in [2.24, 2.45) is 0 Å². The van der Waals surface area contributed by atoms with Gasteiger partial charge in [0.25, 0.3) is 0 Å². The summed E-state index contributed by atoms with van der Waals surface area (Å²) in [6.45, 7) is 7.16. The molecule has 1 aliphatic rings. The quantitative estimate of drug-likeness (QED) is 0.780. The Balaban J connectivity index is 1.61. The van der Waals surface area contributed by atoms with Crippen LogP contribution in [0.5, 0.6) is 0 Å². The Morgan fingerprint density at radius 3 is 3.11 bits per heavy atom. The zero-order valence-corrected chi connectivity index (χ0v) is 11.1. The number of nitrogens with zero attached hydrogens (tertiary/aromatic N) is 2. The fourth-order valence-electron chi connectivity index (χ4n) is 1.78. The Bertz CT molecular complexity index is 378. The second-order valence-electron chi connectivity index (χ2n) is 4.60. The molecule has 0 amide bonds. The monoisotopic (exact) mass is 251 g/mol. The van der Waals surface area contributed by atoms with E-state index in [2.05, 4.69) is 15.3 Å². The summed E-state index contributed by atoms with van der Waals surface area (Å²) in [4.78, 5) is 8.60. The molecule has 1 fully saturated rings. The second kappa shape index (κ2) is 6.66. The summed E-state index contributed by atoms with van der Waals surface area (Å²) in [5, 5.41) is 3.20. The zero-order valence-electron chi connectivity index (χ0n) is 11.1. The van der Waals surface area contributed by atoms with Gasteiger partial charge in [-0.15, -0.1) is 0 Å². The van der Waals surface area contributed by atoms with Gasteiger partial charge >= 0.3 is 0 Å². The first-order valence-electron chi connectivity index (χ1n) is 6.49. The molecular weight excluding hydrogens is 230 g/mol. The van der Waals surface area contributed by atoms with E-state index in [0.717, 1.165) is 50.5 Å². The van der Waals surface area contributed by atoms with Crippen LogP contribution in [0.4, 0.5) is 5.95 Å². The van der Waals surface area contributed by atoms with Crippen molar-refractivity contribution < 1.29 is 9.47 Å². The van der Waals surface area contributed by atoms with E-state index in [9.17, 15) is 0 Å². The topological polar surface area (TPSA) is 56.3 Å². The van der Waals surface area contributed by atoms with Crippen molar-refractivity contribution >= 4 is 5.95 Å².